The Bertz CT molecular complexity index is 1140. The summed E-state index contributed by atoms with van der Waals surface area (Å²) in [7, 11) is 0. The minimum atomic E-state index is -4.40. The van der Waals surface area contributed by atoms with Gasteiger partial charge in [-0.05, 0) is 63.9 Å². The van der Waals surface area contributed by atoms with E-state index in [1.165, 1.54) is 12.1 Å². The van der Waals surface area contributed by atoms with Crippen LogP contribution in [0.1, 0.15) is 52.6 Å². The standard InChI is InChI=1S/C25H29F3N2O3/c1-6-20(23(31)33-24(3,4)5)29-15(2)16-7-8-17-11-18-9-10-19(32-14-25(26,27)28)13-22(18)30-21(17)12-16/h7-13,15,20,29H,6,14H2,1-5H3. The number of alkyl halides is 3. The van der Waals surface area contributed by atoms with Gasteiger partial charge in [-0.3, -0.25) is 10.1 Å². The number of rotatable bonds is 7. The van der Waals surface area contributed by atoms with Crippen molar-refractivity contribution in [3.05, 3.63) is 48.0 Å². The zero-order valence-corrected chi connectivity index (χ0v) is 19.4. The van der Waals surface area contributed by atoms with E-state index in [9.17, 15) is 18.0 Å². The van der Waals surface area contributed by atoms with E-state index < -0.39 is 24.4 Å². The molecule has 0 aliphatic carbocycles. The Morgan fingerprint density at radius 3 is 2.27 bits per heavy atom. The fourth-order valence-corrected chi connectivity index (χ4v) is 3.47. The third-order valence-corrected chi connectivity index (χ3v) is 5.06. The van der Waals surface area contributed by atoms with Crippen LogP contribution >= 0.6 is 0 Å². The molecule has 0 fully saturated rings. The third kappa shape index (κ3) is 6.81. The van der Waals surface area contributed by atoms with Crippen molar-refractivity contribution in [2.24, 2.45) is 0 Å². The molecule has 0 bridgehead atoms. The Morgan fingerprint density at radius 2 is 1.67 bits per heavy atom. The first-order valence-electron chi connectivity index (χ1n) is 10.9. The number of fused-ring (bicyclic) bond motifs is 2. The van der Waals surface area contributed by atoms with E-state index >= 15 is 0 Å². The van der Waals surface area contributed by atoms with Gasteiger partial charge >= 0.3 is 12.1 Å². The highest BCUT2D eigenvalue weighted by Gasteiger charge is 2.28. The first-order chi connectivity index (χ1) is 15.3. The van der Waals surface area contributed by atoms with Gasteiger partial charge in [-0.15, -0.1) is 0 Å². The average Bonchev–Trinajstić information content (AvgIpc) is 2.72. The van der Waals surface area contributed by atoms with Gasteiger partial charge in [0, 0.05) is 22.9 Å². The van der Waals surface area contributed by atoms with E-state index in [1.807, 2.05) is 58.9 Å². The molecule has 0 aliphatic heterocycles. The van der Waals surface area contributed by atoms with Crippen molar-refractivity contribution >= 4 is 27.8 Å². The van der Waals surface area contributed by atoms with E-state index in [4.69, 9.17) is 9.47 Å². The number of halogens is 3. The van der Waals surface area contributed by atoms with Gasteiger partial charge in [0.1, 0.15) is 17.4 Å². The Balaban J connectivity index is 1.83. The van der Waals surface area contributed by atoms with E-state index in [-0.39, 0.29) is 17.8 Å². The smallest absolute Gasteiger partial charge is 0.422 e. The van der Waals surface area contributed by atoms with Crippen LogP contribution in [0.4, 0.5) is 13.2 Å². The summed E-state index contributed by atoms with van der Waals surface area (Å²) in [6, 6.07) is 11.9. The molecule has 8 heteroatoms. The van der Waals surface area contributed by atoms with Gasteiger partial charge < -0.3 is 9.47 Å². The van der Waals surface area contributed by atoms with Crippen molar-refractivity contribution in [2.45, 2.75) is 64.9 Å². The van der Waals surface area contributed by atoms with E-state index in [0.29, 0.717) is 17.5 Å². The summed E-state index contributed by atoms with van der Waals surface area (Å²) in [4.78, 5) is 17.1. The van der Waals surface area contributed by atoms with Crippen LogP contribution in [-0.4, -0.2) is 35.4 Å². The van der Waals surface area contributed by atoms with Crippen LogP contribution in [0.2, 0.25) is 0 Å². The predicted molar refractivity (Wildman–Crippen MR) is 122 cm³/mol. The summed E-state index contributed by atoms with van der Waals surface area (Å²) in [5.74, 6) is -0.186. The summed E-state index contributed by atoms with van der Waals surface area (Å²) >= 11 is 0. The SMILES string of the molecule is CCC(NC(C)c1ccc2cc3ccc(OCC(F)(F)F)cc3nc2c1)C(=O)OC(C)(C)C. The normalized spacial score (nSPS) is 14.3. The highest BCUT2D eigenvalue weighted by atomic mass is 19.4. The van der Waals surface area contributed by atoms with Crippen LogP contribution in [0.15, 0.2) is 42.5 Å². The van der Waals surface area contributed by atoms with Crippen molar-refractivity contribution in [1.29, 1.82) is 0 Å². The van der Waals surface area contributed by atoms with E-state index in [0.717, 1.165) is 16.3 Å². The Morgan fingerprint density at radius 1 is 1.03 bits per heavy atom. The van der Waals surface area contributed by atoms with Gasteiger partial charge in [0.25, 0.3) is 0 Å². The van der Waals surface area contributed by atoms with Crippen LogP contribution in [0.5, 0.6) is 5.75 Å². The minimum absolute atomic E-state index is 0.112. The number of esters is 1. The molecule has 3 rings (SSSR count). The molecule has 33 heavy (non-hydrogen) atoms. The topological polar surface area (TPSA) is 60.5 Å². The molecule has 2 unspecified atom stereocenters. The van der Waals surface area contributed by atoms with Crippen LogP contribution in [-0.2, 0) is 9.53 Å². The summed E-state index contributed by atoms with van der Waals surface area (Å²) in [5.41, 5.74) is 1.61. The van der Waals surface area contributed by atoms with Crippen molar-refractivity contribution in [1.82, 2.24) is 10.3 Å². The Labute approximate surface area is 191 Å². The molecule has 178 valence electrons. The molecule has 0 saturated heterocycles. The number of ether oxygens (including phenoxy) is 2. The first-order valence-corrected chi connectivity index (χ1v) is 10.9. The zero-order valence-electron chi connectivity index (χ0n) is 19.4. The molecule has 2 atom stereocenters. The summed E-state index contributed by atoms with van der Waals surface area (Å²) < 4.78 is 47.7. The second-order valence-corrected chi connectivity index (χ2v) is 9.08. The molecular weight excluding hydrogens is 433 g/mol. The molecule has 2 aromatic carbocycles. The van der Waals surface area contributed by atoms with Crippen LogP contribution in [0.3, 0.4) is 0 Å². The molecule has 1 heterocycles. The second-order valence-electron chi connectivity index (χ2n) is 9.08. The van der Waals surface area contributed by atoms with E-state index in [2.05, 4.69) is 10.3 Å². The molecule has 1 aromatic heterocycles. The van der Waals surface area contributed by atoms with Gasteiger partial charge in [0.15, 0.2) is 6.61 Å². The maximum absolute atomic E-state index is 12.5. The van der Waals surface area contributed by atoms with Gasteiger partial charge in [-0.1, -0.05) is 19.1 Å². The van der Waals surface area contributed by atoms with Crippen molar-refractivity contribution in [3.8, 4) is 5.75 Å². The lowest BCUT2D eigenvalue weighted by Crippen LogP contribution is -2.42. The summed E-state index contributed by atoms with van der Waals surface area (Å²) in [6.45, 7) is 8.02. The average molecular weight is 463 g/mol. The van der Waals surface area contributed by atoms with Crippen LogP contribution < -0.4 is 10.1 Å². The fraction of sp³-hybridized carbons (Fsp3) is 0.440. The molecule has 3 aromatic rings. The maximum atomic E-state index is 12.5. The number of hydrogen-bond acceptors (Lipinski definition) is 5. The molecule has 0 saturated carbocycles. The molecule has 1 N–H and O–H groups in total. The number of pyridine rings is 1. The number of aromatic nitrogens is 1. The van der Waals surface area contributed by atoms with Crippen LogP contribution in [0, 0.1) is 0 Å². The van der Waals surface area contributed by atoms with Crippen molar-refractivity contribution in [3.63, 3.8) is 0 Å². The number of carbonyl (C=O) groups excluding carboxylic acids is 1. The molecule has 0 spiro atoms. The summed E-state index contributed by atoms with van der Waals surface area (Å²) in [5, 5.41) is 5.03. The monoisotopic (exact) mass is 462 g/mol. The molecule has 0 radical (unpaired) electrons. The number of nitrogens with one attached hydrogen (secondary N) is 1. The largest absolute Gasteiger partial charge is 0.484 e. The zero-order chi connectivity index (χ0) is 24.4. The highest BCUT2D eigenvalue weighted by molar-refractivity contribution is 5.93. The fourth-order valence-electron chi connectivity index (χ4n) is 3.47. The van der Waals surface area contributed by atoms with E-state index in [1.54, 1.807) is 6.07 Å². The third-order valence-electron chi connectivity index (χ3n) is 5.06. The molecule has 0 amide bonds. The predicted octanol–water partition coefficient (Wildman–Crippen LogP) is 6.10. The van der Waals surface area contributed by atoms with Crippen molar-refractivity contribution in [2.75, 3.05) is 6.61 Å². The lowest BCUT2D eigenvalue weighted by atomic mass is 10.0. The highest BCUT2D eigenvalue weighted by Crippen LogP contribution is 2.27. The van der Waals surface area contributed by atoms with Gasteiger partial charge in [-0.2, -0.15) is 13.2 Å². The van der Waals surface area contributed by atoms with Crippen LogP contribution in [0.25, 0.3) is 21.8 Å². The first kappa shape index (κ1) is 24.8. The van der Waals surface area contributed by atoms with Crippen molar-refractivity contribution < 1.29 is 27.4 Å². The second kappa shape index (κ2) is 9.55. The Hall–Kier alpha value is -2.87. The quantitative estimate of drug-likeness (QED) is 0.340. The number of nitrogens with zero attached hydrogens (tertiary/aromatic N) is 1. The maximum Gasteiger partial charge on any atom is 0.422 e. The van der Waals surface area contributed by atoms with Gasteiger partial charge in [0.2, 0.25) is 0 Å². The number of hydrogen-bond donors (Lipinski definition) is 1. The lowest BCUT2D eigenvalue weighted by molar-refractivity contribution is -0.158. The number of carbonyl (C=O) groups is 1. The summed E-state index contributed by atoms with van der Waals surface area (Å²) in [6.07, 6.45) is -3.82. The van der Waals surface area contributed by atoms with Gasteiger partial charge in [0.05, 0.1) is 11.0 Å². The number of benzene rings is 2. The molecule has 0 aliphatic rings. The van der Waals surface area contributed by atoms with Gasteiger partial charge in [-0.25, -0.2) is 4.98 Å². The molecular formula is C25H29F3N2O3. The Kier molecular flexibility index (Phi) is 7.17. The minimum Gasteiger partial charge on any atom is -0.484 e. The molecule has 5 nitrogen and oxygen atoms in total. The lowest BCUT2D eigenvalue weighted by Gasteiger charge is -2.26.